The highest BCUT2D eigenvalue weighted by atomic mass is 35.5. The smallest absolute Gasteiger partial charge is 0.235 e. The minimum absolute atomic E-state index is 0. The van der Waals surface area contributed by atoms with Crippen LogP contribution in [0.15, 0.2) is 29.2 Å². The van der Waals surface area contributed by atoms with Gasteiger partial charge in [-0.1, -0.05) is 18.5 Å². The molecule has 1 fully saturated rings. The zero-order valence-corrected chi connectivity index (χ0v) is 14.7. The predicted octanol–water partition coefficient (Wildman–Crippen LogP) is 3.44. The molecule has 1 aromatic rings. The molecule has 0 aromatic heterocycles. The molecular formula is C15H22Cl2N2OS. The molecule has 6 heteroatoms. The number of nitrogens with two attached hydrogens (primary N) is 1. The Morgan fingerprint density at radius 1 is 1.48 bits per heavy atom. The first-order valence-electron chi connectivity index (χ1n) is 6.85. The Hall–Kier alpha value is -0.420. The summed E-state index contributed by atoms with van der Waals surface area (Å²) in [5, 5.41) is 0.628. The van der Waals surface area contributed by atoms with E-state index in [0.717, 1.165) is 24.4 Å². The van der Waals surface area contributed by atoms with E-state index >= 15 is 0 Å². The number of likely N-dealkylation sites (tertiary alicyclic amines) is 1. The van der Waals surface area contributed by atoms with Gasteiger partial charge >= 0.3 is 0 Å². The maximum Gasteiger partial charge on any atom is 0.235 e. The van der Waals surface area contributed by atoms with Gasteiger partial charge in [-0.25, -0.2) is 0 Å². The Kier molecular flexibility index (Phi) is 6.85. The van der Waals surface area contributed by atoms with Crippen LogP contribution in [0.2, 0.25) is 5.02 Å². The third-order valence-electron chi connectivity index (χ3n) is 3.84. The van der Waals surface area contributed by atoms with E-state index in [1.165, 1.54) is 0 Å². The van der Waals surface area contributed by atoms with Crippen LogP contribution in [0, 0.1) is 5.41 Å². The van der Waals surface area contributed by atoms with Crippen LogP contribution in [0.1, 0.15) is 20.3 Å². The lowest BCUT2D eigenvalue weighted by Crippen LogP contribution is -2.38. The molecule has 1 aliphatic rings. The van der Waals surface area contributed by atoms with E-state index < -0.39 is 0 Å². The molecule has 0 aliphatic carbocycles. The summed E-state index contributed by atoms with van der Waals surface area (Å²) in [6.45, 7) is 6.33. The number of halogens is 2. The average Bonchev–Trinajstić information content (AvgIpc) is 2.84. The first-order chi connectivity index (χ1) is 9.43. The molecule has 1 saturated heterocycles. The Balaban J connectivity index is 0.00000220. The van der Waals surface area contributed by atoms with Crippen LogP contribution < -0.4 is 5.73 Å². The maximum absolute atomic E-state index is 12.5. The molecule has 1 aliphatic heterocycles. The minimum atomic E-state index is -0.0868. The van der Waals surface area contributed by atoms with E-state index in [1.54, 1.807) is 11.8 Å². The van der Waals surface area contributed by atoms with Gasteiger partial charge in [0.2, 0.25) is 5.91 Å². The molecule has 118 valence electrons. The second kappa shape index (κ2) is 7.73. The third kappa shape index (κ3) is 4.78. The highest BCUT2D eigenvalue weighted by Gasteiger charge is 2.36. The highest BCUT2D eigenvalue weighted by molar-refractivity contribution is 8.00. The van der Waals surface area contributed by atoms with Gasteiger partial charge in [-0.05, 0) is 49.6 Å². The molecule has 0 spiro atoms. The average molecular weight is 349 g/mol. The Bertz CT molecular complexity index is 483. The summed E-state index contributed by atoms with van der Waals surface area (Å²) in [6, 6.07) is 7.60. The standard InChI is InChI=1S/C15H21ClN2OS.ClH/c1-11(20-13-5-3-12(16)4-6-13)14(19)18-8-7-15(2,9-17)10-18;/h3-6,11H,7-10,17H2,1-2H3;1H. The third-order valence-corrected chi connectivity index (χ3v) is 5.19. The Morgan fingerprint density at radius 3 is 2.62 bits per heavy atom. The normalized spacial score (nSPS) is 22.8. The molecular weight excluding hydrogens is 327 g/mol. The molecule has 3 nitrogen and oxygen atoms in total. The van der Waals surface area contributed by atoms with Gasteiger partial charge in [-0.15, -0.1) is 24.2 Å². The summed E-state index contributed by atoms with van der Waals surface area (Å²) < 4.78 is 0. The monoisotopic (exact) mass is 348 g/mol. The molecule has 21 heavy (non-hydrogen) atoms. The summed E-state index contributed by atoms with van der Waals surface area (Å²) in [5.41, 5.74) is 5.87. The van der Waals surface area contributed by atoms with Crippen molar-refractivity contribution in [2.75, 3.05) is 19.6 Å². The van der Waals surface area contributed by atoms with E-state index in [9.17, 15) is 4.79 Å². The van der Waals surface area contributed by atoms with Crippen molar-refractivity contribution >= 4 is 41.7 Å². The topological polar surface area (TPSA) is 46.3 Å². The van der Waals surface area contributed by atoms with Crippen LogP contribution in [-0.4, -0.2) is 35.7 Å². The van der Waals surface area contributed by atoms with Crippen LogP contribution >= 0.6 is 35.8 Å². The van der Waals surface area contributed by atoms with Gasteiger partial charge in [0.1, 0.15) is 0 Å². The van der Waals surface area contributed by atoms with Crippen molar-refractivity contribution in [2.24, 2.45) is 11.1 Å². The van der Waals surface area contributed by atoms with E-state index in [2.05, 4.69) is 6.92 Å². The molecule has 0 saturated carbocycles. The van der Waals surface area contributed by atoms with E-state index in [0.29, 0.717) is 11.6 Å². The lowest BCUT2D eigenvalue weighted by molar-refractivity contribution is -0.129. The molecule has 1 amide bonds. The Morgan fingerprint density at radius 2 is 2.10 bits per heavy atom. The molecule has 0 radical (unpaired) electrons. The molecule has 1 aromatic carbocycles. The van der Waals surface area contributed by atoms with E-state index in [4.69, 9.17) is 17.3 Å². The molecule has 1 heterocycles. The SMILES string of the molecule is CC(Sc1ccc(Cl)cc1)C(=O)N1CCC(C)(CN)C1.Cl. The number of carbonyl (C=O) groups excluding carboxylic acids is 1. The summed E-state index contributed by atoms with van der Waals surface area (Å²) in [6.07, 6.45) is 0.994. The number of hydrogen-bond acceptors (Lipinski definition) is 3. The summed E-state index contributed by atoms with van der Waals surface area (Å²) >= 11 is 7.44. The van der Waals surface area contributed by atoms with Gasteiger partial charge in [-0.3, -0.25) is 4.79 Å². The predicted molar refractivity (Wildman–Crippen MR) is 92.4 cm³/mol. The first-order valence-corrected chi connectivity index (χ1v) is 8.10. The Labute approximate surface area is 142 Å². The van der Waals surface area contributed by atoms with Crippen molar-refractivity contribution in [3.05, 3.63) is 29.3 Å². The fraction of sp³-hybridized carbons (Fsp3) is 0.533. The fourth-order valence-corrected chi connectivity index (χ4v) is 3.48. The fourth-order valence-electron chi connectivity index (χ4n) is 2.40. The summed E-state index contributed by atoms with van der Waals surface area (Å²) in [7, 11) is 0. The van der Waals surface area contributed by atoms with Crippen molar-refractivity contribution in [2.45, 2.75) is 30.4 Å². The van der Waals surface area contributed by atoms with Crippen molar-refractivity contribution in [1.82, 2.24) is 4.90 Å². The van der Waals surface area contributed by atoms with Gasteiger partial charge in [0.05, 0.1) is 5.25 Å². The number of amides is 1. The van der Waals surface area contributed by atoms with Crippen molar-refractivity contribution in [3.63, 3.8) is 0 Å². The zero-order valence-electron chi connectivity index (χ0n) is 12.3. The van der Waals surface area contributed by atoms with Crippen molar-refractivity contribution in [3.8, 4) is 0 Å². The number of nitrogens with zero attached hydrogens (tertiary/aromatic N) is 1. The van der Waals surface area contributed by atoms with Gasteiger partial charge in [0.25, 0.3) is 0 Å². The number of rotatable bonds is 4. The van der Waals surface area contributed by atoms with Crippen LogP contribution in [0.4, 0.5) is 0 Å². The minimum Gasteiger partial charge on any atom is -0.341 e. The number of hydrogen-bond donors (Lipinski definition) is 1. The zero-order chi connectivity index (χ0) is 14.8. The second-order valence-electron chi connectivity index (χ2n) is 5.74. The maximum atomic E-state index is 12.5. The lowest BCUT2D eigenvalue weighted by atomic mass is 9.90. The quantitative estimate of drug-likeness (QED) is 0.847. The second-order valence-corrected chi connectivity index (χ2v) is 7.59. The largest absolute Gasteiger partial charge is 0.341 e. The van der Waals surface area contributed by atoms with Crippen molar-refractivity contribution < 1.29 is 4.79 Å². The van der Waals surface area contributed by atoms with Crippen LogP contribution in [-0.2, 0) is 4.79 Å². The van der Waals surface area contributed by atoms with Crippen LogP contribution in [0.25, 0.3) is 0 Å². The summed E-state index contributed by atoms with van der Waals surface area (Å²) in [5.74, 6) is 0.196. The van der Waals surface area contributed by atoms with Gasteiger partial charge in [0, 0.05) is 23.0 Å². The number of thioether (sulfide) groups is 1. The van der Waals surface area contributed by atoms with Crippen molar-refractivity contribution in [1.29, 1.82) is 0 Å². The molecule has 2 rings (SSSR count). The highest BCUT2D eigenvalue weighted by Crippen LogP contribution is 2.31. The van der Waals surface area contributed by atoms with Crippen LogP contribution in [0.3, 0.4) is 0 Å². The van der Waals surface area contributed by atoms with Gasteiger partial charge in [0.15, 0.2) is 0 Å². The lowest BCUT2D eigenvalue weighted by Gasteiger charge is -2.24. The van der Waals surface area contributed by atoms with E-state index in [1.807, 2.05) is 36.1 Å². The molecule has 0 bridgehead atoms. The first kappa shape index (κ1) is 18.6. The van der Waals surface area contributed by atoms with E-state index in [-0.39, 0.29) is 29.0 Å². The molecule has 2 N–H and O–H groups in total. The van der Waals surface area contributed by atoms with Gasteiger partial charge in [-0.2, -0.15) is 0 Å². The number of benzene rings is 1. The molecule has 2 unspecified atom stereocenters. The van der Waals surface area contributed by atoms with Crippen LogP contribution in [0.5, 0.6) is 0 Å². The van der Waals surface area contributed by atoms with Gasteiger partial charge < -0.3 is 10.6 Å². The summed E-state index contributed by atoms with van der Waals surface area (Å²) in [4.78, 5) is 15.5. The molecule has 2 atom stereocenters. The number of carbonyl (C=O) groups is 1.